The summed E-state index contributed by atoms with van der Waals surface area (Å²) in [5.74, 6) is 0.535. The van der Waals surface area contributed by atoms with Gasteiger partial charge in [-0.25, -0.2) is 0 Å². The van der Waals surface area contributed by atoms with Gasteiger partial charge >= 0.3 is 0 Å². The maximum atomic E-state index is 12.5. The van der Waals surface area contributed by atoms with E-state index in [-0.39, 0.29) is 18.5 Å². The van der Waals surface area contributed by atoms with Crippen molar-refractivity contribution >= 4 is 29.7 Å². The van der Waals surface area contributed by atoms with Gasteiger partial charge in [0, 0.05) is 16.6 Å². The molecule has 5 nitrogen and oxygen atoms in total. The van der Waals surface area contributed by atoms with E-state index in [1.165, 1.54) is 0 Å². The molecule has 0 bridgehead atoms. The standard InChI is InChI=1S/C20H21ClN4OS/c1-13-6-8-16(9-7-13)19-23-24-20(27)25(19)12-18(26)22-14(2)10-15-4-3-5-17(21)11-15/h3-9,11,14H,10,12H2,1-2H3,(H,22,26)(H,24,27)/t14-/m0/s1. The van der Waals surface area contributed by atoms with E-state index in [1.54, 1.807) is 4.57 Å². The molecule has 140 valence electrons. The minimum absolute atomic E-state index is 0.0279. The van der Waals surface area contributed by atoms with Gasteiger partial charge < -0.3 is 5.32 Å². The number of aromatic amines is 1. The molecule has 3 aromatic rings. The van der Waals surface area contributed by atoms with E-state index in [0.717, 1.165) is 16.7 Å². The summed E-state index contributed by atoms with van der Waals surface area (Å²) in [6.45, 7) is 4.10. The number of hydrogen-bond donors (Lipinski definition) is 2. The van der Waals surface area contributed by atoms with Crippen molar-refractivity contribution in [2.45, 2.75) is 32.9 Å². The average molecular weight is 401 g/mol. The van der Waals surface area contributed by atoms with Gasteiger partial charge in [0.2, 0.25) is 5.91 Å². The molecule has 0 saturated heterocycles. The van der Waals surface area contributed by atoms with Gasteiger partial charge in [0.25, 0.3) is 0 Å². The van der Waals surface area contributed by atoms with E-state index < -0.39 is 0 Å². The Labute approximate surface area is 168 Å². The molecule has 27 heavy (non-hydrogen) atoms. The summed E-state index contributed by atoms with van der Waals surface area (Å²) in [6, 6.07) is 15.6. The van der Waals surface area contributed by atoms with Crippen LogP contribution in [0.2, 0.25) is 5.02 Å². The summed E-state index contributed by atoms with van der Waals surface area (Å²) in [6.07, 6.45) is 0.702. The highest BCUT2D eigenvalue weighted by molar-refractivity contribution is 7.71. The molecule has 2 aromatic carbocycles. The molecule has 7 heteroatoms. The number of amides is 1. The largest absolute Gasteiger partial charge is 0.352 e. The molecule has 1 aromatic heterocycles. The van der Waals surface area contributed by atoms with E-state index in [9.17, 15) is 4.79 Å². The van der Waals surface area contributed by atoms with Crippen LogP contribution in [0.25, 0.3) is 11.4 Å². The van der Waals surface area contributed by atoms with Gasteiger partial charge in [0.15, 0.2) is 10.6 Å². The van der Waals surface area contributed by atoms with Crippen LogP contribution >= 0.6 is 23.8 Å². The molecular weight excluding hydrogens is 380 g/mol. The molecule has 2 N–H and O–H groups in total. The lowest BCUT2D eigenvalue weighted by Crippen LogP contribution is -2.36. The van der Waals surface area contributed by atoms with Crippen LogP contribution in [-0.2, 0) is 17.8 Å². The molecule has 0 aliphatic carbocycles. The smallest absolute Gasteiger partial charge is 0.240 e. The van der Waals surface area contributed by atoms with Crippen molar-refractivity contribution in [3.05, 3.63) is 69.5 Å². The summed E-state index contributed by atoms with van der Waals surface area (Å²) < 4.78 is 2.13. The number of benzene rings is 2. The van der Waals surface area contributed by atoms with E-state index in [4.69, 9.17) is 23.8 Å². The molecule has 0 radical (unpaired) electrons. The number of hydrogen-bond acceptors (Lipinski definition) is 3. The first-order valence-electron chi connectivity index (χ1n) is 8.68. The first-order chi connectivity index (χ1) is 12.9. The van der Waals surface area contributed by atoms with E-state index in [2.05, 4.69) is 15.5 Å². The summed E-state index contributed by atoms with van der Waals surface area (Å²) in [5, 5.41) is 10.8. The number of carbonyl (C=O) groups excluding carboxylic acids is 1. The predicted molar refractivity (Wildman–Crippen MR) is 110 cm³/mol. The van der Waals surface area contributed by atoms with E-state index >= 15 is 0 Å². The van der Waals surface area contributed by atoms with Crippen LogP contribution in [0.15, 0.2) is 48.5 Å². The van der Waals surface area contributed by atoms with Crippen molar-refractivity contribution in [1.29, 1.82) is 0 Å². The predicted octanol–water partition coefficient (Wildman–Crippen LogP) is 4.32. The van der Waals surface area contributed by atoms with Crippen LogP contribution in [0.3, 0.4) is 0 Å². The van der Waals surface area contributed by atoms with Crippen LogP contribution in [0.4, 0.5) is 0 Å². The zero-order valence-corrected chi connectivity index (χ0v) is 16.8. The Morgan fingerprint density at radius 3 is 2.74 bits per heavy atom. The lowest BCUT2D eigenvalue weighted by molar-refractivity contribution is -0.122. The third-order valence-corrected chi connectivity index (χ3v) is 4.75. The number of nitrogens with zero attached hydrogens (tertiary/aromatic N) is 2. The summed E-state index contributed by atoms with van der Waals surface area (Å²) in [5.41, 5.74) is 3.15. The maximum Gasteiger partial charge on any atom is 0.240 e. The highest BCUT2D eigenvalue weighted by Crippen LogP contribution is 2.18. The number of carbonyl (C=O) groups is 1. The lowest BCUT2D eigenvalue weighted by atomic mass is 10.1. The lowest BCUT2D eigenvalue weighted by Gasteiger charge is -2.15. The second-order valence-electron chi connectivity index (χ2n) is 6.61. The molecule has 0 aliphatic rings. The topological polar surface area (TPSA) is 62.7 Å². The Balaban J connectivity index is 1.68. The molecule has 1 amide bonds. The van der Waals surface area contributed by atoms with Gasteiger partial charge in [0.1, 0.15) is 6.54 Å². The highest BCUT2D eigenvalue weighted by atomic mass is 35.5. The fourth-order valence-electron chi connectivity index (χ4n) is 2.92. The van der Waals surface area contributed by atoms with Crippen LogP contribution in [0, 0.1) is 11.7 Å². The van der Waals surface area contributed by atoms with Gasteiger partial charge in [-0.2, -0.15) is 5.10 Å². The molecule has 1 atom stereocenters. The number of aryl methyl sites for hydroxylation is 1. The number of rotatable bonds is 6. The average Bonchev–Trinajstić information content (AvgIpc) is 2.96. The minimum Gasteiger partial charge on any atom is -0.352 e. The van der Waals surface area contributed by atoms with Crippen molar-refractivity contribution in [3.8, 4) is 11.4 Å². The fraction of sp³-hybridized carbons (Fsp3) is 0.250. The normalized spacial score (nSPS) is 12.0. The second-order valence-corrected chi connectivity index (χ2v) is 7.43. The first-order valence-corrected chi connectivity index (χ1v) is 9.47. The minimum atomic E-state index is -0.115. The Kier molecular flexibility index (Phi) is 6.08. The van der Waals surface area contributed by atoms with Crippen molar-refractivity contribution in [1.82, 2.24) is 20.1 Å². The summed E-state index contributed by atoms with van der Waals surface area (Å²) in [7, 11) is 0. The zero-order valence-electron chi connectivity index (χ0n) is 15.2. The van der Waals surface area contributed by atoms with Crippen LogP contribution in [-0.4, -0.2) is 26.7 Å². The van der Waals surface area contributed by atoms with Gasteiger partial charge in [0.05, 0.1) is 0 Å². The second kappa shape index (κ2) is 8.50. The number of nitrogens with one attached hydrogen (secondary N) is 2. The number of aromatic nitrogens is 3. The Morgan fingerprint density at radius 1 is 1.30 bits per heavy atom. The van der Waals surface area contributed by atoms with Crippen molar-refractivity contribution in [2.24, 2.45) is 0 Å². The monoisotopic (exact) mass is 400 g/mol. The molecule has 3 rings (SSSR count). The maximum absolute atomic E-state index is 12.5. The Bertz CT molecular complexity index is 994. The molecule has 1 heterocycles. The third-order valence-electron chi connectivity index (χ3n) is 4.21. The molecule has 0 unspecified atom stereocenters. The molecule has 0 spiro atoms. The van der Waals surface area contributed by atoms with Gasteiger partial charge in [-0.3, -0.25) is 14.5 Å². The quantitative estimate of drug-likeness (QED) is 0.606. The number of H-pyrrole nitrogens is 1. The van der Waals surface area contributed by atoms with Gasteiger partial charge in [-0.15, -0.1) is 0 Å². The zero-order chi connectivity index (χ0) is 19.4. The van der Waals surface area contributed by atoms with E-state index in [0.29, 0.717) is 22.0 Å². The molecule has 0 aliphatic heterocycles. The first kappa shape index (κ1) is 19.3. The van der Waals surface area contributed by atoms with Gasteiger partial charge in [-0.05, 0) is 50.2 Å². The number of halogens is 1. The molecule has 0 saturated carbocycles. The van der Waals surface area contributed by atoms with Crippen molar-refractivity contribution in [3.63, 3.8) is 0 Å². The highest BCUT2D eigenvalue weighted by Gasteiger charge is 2.14. The van der Waals surface area contributed by atoms with Crippen molar-refractivity contribution < 1.29 is 4.79 Å². The SMILES string of the molecule is Cc1ccc(-c2n[nH]c(=S)n2CC(=O)N[C@@H](C)Cc2cccc(Cl)c2)cc1. The van der Waals surface area contributed by atoms with Crippen LogP contribution in [0.5, 0.6) is 0 Å². The summed E-state index contributed by atoms with van der Waals surface area (Å²) in [4.78, 5) is 12.5. The Morgan fingerprint density at radius 2 is 2.04 bits per heavy atom. The van der Waals surface area contributed by atoms with Crippen LogP contribution < -0.4 is 5.32 Å². The van der Waals surface area contributed by atoms with Crippen LogP contribution in [0.1, 0.15) is 18.1 Å². The Hall–Kier alpha value is -2.44. The molecular formula is C20H21ClN4OS. The van der Waals surface area contributed by atoms with Gasteiger partial charge in [-0.1, -0.05) is 53.6 Å². The molecule has 0 fully saturated rings. The fourth-order valence-corrected chi connectivity index (χ4v) is 3.33. The summed E-state index contributed by atoms with van der Waals surface area (Å²) >= 11 is 11.3. The van der Waals surface area contributed by atoms with E-state index in [1.807, 2.05) is 62.4 Å². The van der Waals surface area contributed by atoms with Crippen molar-refractivity contribution in [2.75, 3.05) is 0 Å². The third kappa shape index (κ3) is 5.05.